The quantitative estimate of drug-likeness (QED) is 0.907. The summed E-state index contributed by atoms with van der Waals surface area (Å²) >= 11 is 0. The molecule has 0 saturated carbocycles. The normalized spacial score (nSPS) is 17.4. The number of ether oxygens (including phenoxy) is 2. The fourth-order valence-corrected chi connectivity index (χ4v) is 3.45. The summed E-state index contributed by atoms with van der Waals surface area (Å²) in [5, 5.41) is 0. The number of carbonyl (C=O) groups is 1. The van der Waals surface area contributed by atoms with Gasteiger partial charge in [-0.2, -0.15) is 0 Å². The van der Waals surface area contributed by atoms with Crippen LogP contribution >= 0.6 is 0 Å². The fraction of sp³-hybridized carbons (Fsp3) is 0.350. The lowest BCUT2D eigenvalue weighted by Gasteiger charge is -2.32. The molecule has 130 valence electrons. The molecule has 1 fully saturated rings. The molecule has 0 aromatic heterocycles. The Kier molecular flexibility index (Phi) is 4.57. The molecular weight excluding hydrogens is 316 g/mol. The van der Waals surface area contributed by atoms with E-state index in [2.05, 4.69) is 24.3 Å². The molecule has 1 saturated heterocycles. The zero-order valence-electron chi connectivity index (χ0n) is 14.2. The lowest BCUT2D eigenvalue weighted by Crippen LogP contribution is -3.13. The van der Waals surface area contributed by atoms with E-state index in [1.807, 2.05) is 23.1 Å². The molecule has 5 heteroatoms. The average molecular weight is 339 g/mol. The van der Waals surface area contributed by atoms with Crippen molar-refractivity contribution < 1.29 is 19.2 Å². The van der Waals surface area contributed by atoms with Crippen molar-refractivity contribution >= 4 is 5.91 Å². The first-order valence-electron chi connectivity index (χ1n) is 8.86. The lowest BCUT2D eigenvalue weighted by atomic mass is 10.1. The van der Waals surface area contributed by atoms with Crippen molar-refractivity contribution in [3.8, 4) is 11.5 Å². The maximum atomic E-state index is 12.8. The van der Waals surface area contributed by atoms with E-state index < -0.39 is 0 Å². The average Bonchev–Trinajstić information content (AvgIpc) is 2.68. The largest absolute Gasteiger partial charge is 0.486 e. The van der Waals surface area contributed by atoms with Crippen LogP contribution in [0.5, 0.6) is 11.5 Å². The minimum atomic E-state index is 0.0794. The summed E-state index contributed by atoms with van der Waals surface area (Å²) < 4.78 is 11.1. The lowest BCUT2D eigenvalue weighted by molar-refractivity contribution is -0.917. The zero-order valence-corrected chi connectivity index (χ0v) is 14.2. The summed E-state index contributed by atoms with van der Waals surface area (Å²) in [4.78, 5) is 16.2. The third kappa shape index (κ3) is 3.61. The first-order valence-corrected chi connectivity index (χ1v) is 8.86. The van der Waals surface area contributed by atoms with Gasteiger partial charge in [0.15, 0.2) is 11.5 Å². The maximum absolute atomic E-state index is 12.8. The highest BCUT2D eigenvalue weighted by Gasteiger charge is 2.25. The first kappa shape index (κ1) is 16.0. The van der Waals surface area contributed by atoms with Crippen LogP contribution in [0.4, 0.5) is 0 Å². The van der Waals surface area contributed by atoms with Gasteiger partial charge in [0, 0.05) is 11.1 Å². The molecule has 2 aliphatic heterocycles. The van der Waals surface area contributed by atoms with E-state index >= 15 is 0 Å². The number of rotatable bonds is 3. The highest BCUT2D eigenvalue weighted by Crippen LogP contribution is 2.31. The molecule has 0 spiro atoms. The first-order chi connectivity index (χ1) is 12.3. The van der Waals surface area contributed by atoms with E-state index in [-0.39, 0.29) is 5.91 Å². The van der Waals surface area contributed by atoms with E-state index in [0.29, 0.717) is 24.5 Å². The van der Waals surface area contributed by atoms with Gasteiger partial charge in [-0.3, -0.25) is 4.79 Å². The second-order valence-electron chi connectivity index (χ2n) is 6.56. The number of amides is 1. The van der Waals surface area contributed by atoms with Crippen molar-refractivity contribution in [2.75, 3.05) is 39.4 Å². The van der Waals surface area contributed by atoms with Gasteiger partial charge in [-0.1, -0.05) is 30.3 Å². The third-order valence-corrected chi connectivity index (χ3v) is 4.84. The van der Waals surface area contributed by atoms with Crippen LogP contribution in [-0.2, 0) is 6.54 Å². The smallest absolute Gasteiger partial charge is 0.254 e. The predicted molar refractivity (Wildman–Crippen MR) is 94.2 cm³/mol. The molecular formula is C20H23N2O3+. The molecule has 0 unspecified atom stereocenters. The number of carbonyl (C=O) groups excluding carboxylic acids is 1. The van der Waals surface area contributed by atoms with Crippen molar-refractivity contribution in [3.63, 3.8) is 0 Å². The molecule has 0 aliphatic carbocycles. The monoisotopic (exact) mass is 339 g/mol. The van der Waals surface area contributed by atoms with Gasteiger partial charge in [0.25, 0.3) is 5.91 Å². The van der Waals surface area contributed by atoms with Gasteiger partial charge in [-0.15, -0.1) is 0 Å². The molecule has 4 rings (SSSR count). The Labute approximate surface area is 147 Å². The number of fused-ring (bicyclic) bond motifs is 1. The number of nitrogens with zero attached hydrogens (tertiary/aromatic N) is 1. The van der Waals surface area contributed by atoms with Crippen LogP contribution in [0.1, 0.15) is 15.9 Å². The molecule has 5 nitrogen and oxygen atoms in total. The molecule has 2 aliphatic rings. The van der Waals surface area contributed by atoms with Crippen molar-refractivity contribution in [1.29, 1.82) is 0 Å². The number of benzene rings is 2. The second-order valence-corrected chi connectivity index (χ2v) is 6.56. The molecule has 2 heterocycles. The summed E-state index contributed by atoms with van der Waals surface area (Å²) in [7, 11) is 0. The molecule has 1 amide bonds. The van der Waals surface area contributed by atoms with Gasteiger partial charge in [0.1, 0.15) is 19.8 Å². The third-order valence-electron chi connectivity index (χ3n) is 4.84. The summed E-state index contributed by atoms with van der Waals surface area (Å²) in [6.45, 7) is 5.65. The molecule has 25 heavy (non-hydrogen) atoms. The summed E-state index contributed by atoms with van der Waals surface area (Å²) in [6.07, 6.45) is 0. The highest BCUT2D eigenvalue weighted by atomic mass is 16.6. The van der Waals surface area contributed by atoms with Gasteiger partial charge < -0.3 is 19.3 Å². The number of piperazine rings is 1. The van der Waals surface area contributed by atoms with Gasteiger partial charge in [-0.05, 0) is 18.2 Å². The summed E-state index contributed by atoms with van der Waals surface area (Å²) in [6, 6.07) is 16.0. The van der Waals surface area contributed by atoms with Crippen molar-refractivity contribution in [1.82, 2.24) is 4.90 Å². The molecule has 2 aromatic rings. The number of quaternary nitrogens is 1. The van der Waals surface area contributed by atoms with Gasteiger partial charge in [0.2, 0.25) is 0 Å². The molecule has 0 radical (unpaired) electrons. The minimum absolute atomic E-state index is 0.0794. The standard InChI is InChI=1S/C20H22N2O3/c23-20(17-6-7-18-19(14-17)25-13-12-24-18)22-10-8-21(9-11-22)15-16-4-2-1-3-5-16/h1-7,14H,8-13,15H2/p+1. The number of nitrogens with one attached hydrogen (secondary N) is 1. The summed E-state index contributed by atoms with van der Waals surface area (Å²) in [5.74, 6) is 1.47. The zero-order chi connectivity index (χ0) is 17.1. The predicted octanol–water partition coefficient (Wildman–Crippen LogP) is 0.999. The van der Waals surface area contributed by atoms with Crippen molar-refractivity contribution in [2.24, 2.45) is 0 Å². The van der Waals surface area contributed by atoms with Crippen LogP contribution in [0.3, 0.4) is 0 Å². The van der Waals surface area contributed by atoms with Crippen LogP contribution in [-0.4, -0.2) is 50.2 Å². The molecule has 2 aromatic carbocycles. The molecule has 0 atom stereocenters. The van der Waals surface area contributed by atoms with E-state index in [1.54, 1.807) is 6.07 Å². The van der Waals surface area contributed by atoms with Crippen molar-refractivity contribution in [3.05, 3.63) is 59.7 Å². The fourth-order valence-electron chi connectivity index (χ4n) is 3.45. The van der Waals surface area contributed by atoms with Gasteiger partial charge in [0.05, 0.1) is 26.2 Å². The van der Waals surface area contributed by atoms with Crippen molar-refractivity contribution in [2.45, 2.75) is 6.54 Å². The SMILES string of the molecule is O=C(c1ccc2c(c1)OCCO2)N1CC[NH+](Cc2ccccc2)CC1. The summed E-state index contributed by atoms with van der Waals surface area (Å²) in [5.41, 5.74) is 2.03. The Bertz CT molecular complexity index is 740. The van der Waals surface area contributed by atoms with Crippen LogP contribution in [0.25, 0.3) is 0 Å². The Balaban J connectivity index is 1.36. The maximum Gasteiger partial charge on any atom is 0.254 e. The van der Waals surface area contributed by atoms with E-state index in [0.717, 1.165) is 38.5 Å². The number of hydrogen-bond acceptors (Lipinski definition) is 3. The topological polar surface area (TPSA) is 43.2 Å². The highest BCUT2D eigenvalue weighted by molar-refractivity contribution is 5.95. The van der Waals surface area contributed by atoms with Crippen LogP contribution in [0.2, 0.25) is 0 Å². The Morgan fingerprint density at radius 2 is 1.68 bits per heavy atom. The van der Waals surface area contributed by atoms with Crippen LogP contribution in [0.15, 0.2) is 48.5 Å². The molecule has 0 bridgehead atoms. The van der Waals surface area contributed by atoms with Gasteiger partial charge >= 0.3 is 0 Å². The van der Waals surface area contributed by atoms with Crippen LogP contribution < -0.4 is 14.4 Å². The molecule has 1 N–H and O–H groups in total. The van der Waals surface area contributed by atoms with E-state index in [9.17, 15) is 4.79 Å². The Morgan fingerprint density at radius 1 is 0.960 bits per heavy atom. The van der Waals surface area contributed by atoms with E-state index in [4.69, 9.17) is 9.47 Å². The Morgan fingerprint density at radius 3 is 2.44 bits per heavy atom. The van der Waals surface area contributed by atoms with E-state index in [1.165, 1.54) is 10.5 Å². The minimum Gasteiger partial charge on any atom is -0.486 e. The second kappa shape index (κ2) is 7.15. The number of hydrogen-bond donors (Lipinski definition) is 1. The Hall–Kier alpha value is -2.53. The van der Waals surface area contributed by atoms with Crippen LogP contribution in [0, 0.1) is 0 Å². The van der Waals surface area contributed by atoms with Gasteiger partial charge in [-0.25, -0.2) is 0 Å².